The lowest BCUT2D eigenvalue weighted by molar-refractivity contribution is 0.0607. The van der Waals surface area contributed by atoms with Crippen LogP contribution in [0.25, 0.3) is 33.6 Å². The van der Waals surface area contributed by atoms with E-state index >= 15 is 0 Å². The zero-order valence-corrected chi connectivity index (χ0v) is 23.7. The van der Waals surface area contributed by atoms with E-state index in [1.165, 1.54) is 31.5 Å². The van der Waals surface area contributed by atoms with E-state index < -0.39 is 0 Å². The summed E-state index contributed by atoms with van der Waals surface area (Å²) >= 11 is 0. The fourth-order valence-electron chi connectivity index (χ4n) is 6.27. The Balaban J connectivity index is 1.25. The second-order valence-electron chi connectivity index (χ2n) is 11.1. The van der Waals surface area contributed by atoms with Crippen molar-refractivity contribution in [1.82, 2.24) is 25.0 Å². The molecule has 6 rings (SSSR count). The van der Waals surface area contributed by atoms with Gasteiger partial charge in [0.05, 0.1) is 19.9 Å². The van der Waals surface area contributed by atoms with Crippen LogP contribution >= 0.6 is 0 Å². The molecule has 2 fully saturated rings. The average Bonchev–Trinajstić information content (AvgIpc) is 3.76. The van der Waals surface area contributed by atoms with Crippen LogP contribution in [0, 0.1) is 0 Å². The average molecular weight is 544 g/mol. The molecule has 0 unspecified atom stereocenters. The maximum atomic E-state index is 13.2. The summed E-state index contributed by atoms with van der Waals surface area (Å²) in [5, 5.41) is 9.47. The highest BCUT2D eigenvalue weighted by Crippen LogP contribution is 2.40. The van der Waals surface area contributed by atoms with Crippen molar-refractivity contribution >= 4 is 16.8 Å². The fourth-order valence-corrected chi connectivity index (χ4v) is 6.27. The third-order valence-electron chi connectivity index (χ3n) is 8.35. The Morgan fingerprint density at radius 3 is 2.38 bits per heavy atom. The summed E-state index contributed by atoms with van der Waals surface area (Å²) in [6.45, 7) is 8.18. The molecule has 2 aromatic carbocycles. The molecule has 4 heterocycles. The van der Waals surface area contributed by atoms with E-state index in [4.69, 9.17) is 13.9 Å². The number of carbonyl (C=O) groups excluding carboxylic acids is 1. The van der Waals surface area contributed by atoms with Gasteiger partial charge in [-0.05, 0) is 86.7 Å². The van der Waals surface area contributed by atoms with Gasteiger partial charge in [-0.1, -0.05) is 13.8 Å². The van der Waals surface area contributed by atoms with Crippen molar-refractivity contribution in [2.45, 2.75) is 51.5 Å². The highest BCUT2D eigenvalue weighted by Gasteiger charge is 2.31. The first-order valence-electron chi connectivity index (χ1n) is 14.2. The third kappa shape index (κ3) is 4.83. The molecule has 0 radical (unpaired) electrons. The number of nitrogens with one attached hydrogen (secondary N) is 1. The number of nitrogens with zero attached hydrogens (tertiary/aromatic N) is 4. The third-order valence-corrected chi connectivity index (χ3v) is 8.35. The van der Waals surface area contributed by atoms with Crippen molar-refractivity contribution in [3.05, 3.63) is 47.9 Å². The van der Waals surface area contributed by atoms with Gasteiger partial charge in [-0.25, -0.2) is 0 Å². The predicted octanol–water partition coefficient (Wildman–Crippen LogP) is 5.73. The Morgan fingerprint density at radius 1 is 0.950 bits per heavy atom. The maximum Gasteiger partial charge on any atom is 0.311 e. The van der Waals surface area contributed by atoms with Crippen molar-refractivity contribution < 1.29 is 18.7 Å². The molecule has 1 N–H and O–H groups in total. The monoisotopic (exact) mass is 543 g/mol. The summed E-state index contributed by atoms with van der Waals surface area (Å²) in [5.41, 5.74) is 5.02. The molecule has 0 bridgehead atoms. The first-order valence-corrected chi connectivity index (χ1v) is 14.2. The minimum atomic E-state index is -0.181. The van der Waals surface area contributed by atoms with Gasteiger partial charge in [-0.2, -0.15) is 0 Å². The topological polar surface area (TPSA) is 96.7 Å². The van der Waals surface area contributed by atoms with Crippen LogP contribution in [0.2, 0.25) is 0 Å². The summed E-state index contributed by atoms with van der Waals surface area (Å²) in [7, 11) is 3.28. The number of benzene rings is 2. The number of rotatable bonds is 7. The number of amides is 1. The standard InChI is InChI=1S/C31H37N5O4/c1-19(2)27-23-17-21(7-9-24(23)32-28(27)20-8-10-25(38-3)26(18-20)39-4)29-33-34-30(40-29)31(37)36-15-11-22(12-16-36)35-13-5-6-14-35/h7-10,17-19,22,32H,5-6,11-16H2,1-4H3. The summed E-state index contributed by atoms with van der Waals surface area (Å²) in [4.78, 5) is 21.2. The highest BCUT2D eigenvalue weighted by atomic mass is 16.5. The number of hydrogen-bond donors (Lipinski definition) is 1. The van der Waals surface area contributed by atoms with Crippen molar-refractivity contribution in [3.63, 3.8) is 0 Å². The molecule has 2 aromatic heterocycles. The molecule has 2 aliphatic heterocycles. The molecule has 40 heavy (non-hydrogen) atoms. The van der Waals surface area contributed by atoms with Gasteiger partial charge in [0.1, 0.15) is 0 Å². The first-order chi connectivity index (χ1) is 19.5. The highest BCUT2D eigenvalue weighted by molar-refractivity contribution is 5.94. The zero-order chi connectivity index (χ0) is 27.8. The first kappa shape index (κ1) is 26.4. The van der Waals surface area contributed by atoms with Crippen LogP contribution in [-0.4, -0.2) is 77.3 Å². The Morgan fingerprint density at radius 2 is 1.68 bits per heavy atom. The summed E-state index contributed by atoms with van der Waals surface area (Å²) in [6, 6.07) is 12.6. The van der Waals surface area contributed by atoms with Crippen LogP contribution in [0.3, 0.4) is 0 Å². The van der Waals surface area contributed by atoms with Crippen LogP contribution in [0.4, 0.5) is 0 Å². The van der Waals surface area contributed by atoms with E-state index in [9.17, 15) is 4.79 Å². The maximum absolute atomic E-state index is 13.2. The number of carbonyl (C=O) groups is 1. The van der Waals surface area contributed by atoms with Gasteiger partial charge >= 0.3 is 11.8 Å². The number of piperidine rings is 1. The molecular weight excluding hydrogens is 506 g/mol. The quantitative estimate of drug-likeness (QED) is 0.318. The molecule has 1 amide bonds. The van der Waals surface area contributed by atoms with Gasteiger partial charge in [0.25, 0.3) is 0 Å². The number of likely N-dealkylation sites (tertiary alicyclic amines) is 2. The normalized spacial score (nSPS) is 16.8. The molecule has 0 saturated carbocycles. The van der Waals surface area contributed by atoms with Gasteiger partial charge in [0.15, 0.2) is 11.5 Å². The van der Waals surface area contributed by atoms with Gasteiger partial charge < -0.3 is 28.7 Å². The molecule has 4 aromatic rings. The Kier molecular flexibility index (Phi) is 7.23. The lowest BCUT2D eigenvalue weighted by Gasteiger charge is -2.36. The van der Waals surface area contributed by atoms with Gasteiger partial charge in [-0.15, -0.1) is 10.2 Å². The molecule has 0 atom stereocenters. The smallest absolute Gasteiger partial charge is 0.311 e. The number of fused-ring (bicyclic) bond motifs is 1. The van der Waals surface area contributed by atoms with E-state index in [2.05, 4.69) is 40.0 Å². The van der Waals surface area contributed by atoms with Crippen LogP contribution in [-0.2, 0) is 0 Å². The number of methoxy groups -OCH3 is 2. The second kappa shape index (κ2) is 11.0. The molecule has 0 aliphatic carbocycles. The van der Waals surface area contributed by atoms with E-state index in [1.54, 1.807) is 14.2 Å². The second-order valence-corrected chi connectivity index (χ2v) is 11.1. The van der Waals surface area contributed by atoms with Crippen molar-refractivity contribution in [1.29, 1.82) is 0 Å². The van der Waals surface area contributed by atoms with E-state index in [0.29, 0.717) is 23.4 Å². The van der Waals surface area contributed by atoms with Crippen LogP contribution < -0.4 is 9.47 Å². The molecule has 210 valence electrons. The molecule has 0 spiro atoms. The molecular formula is C31H37N5O4. The van der Waals surface area contributed by atoms with E-state index in [-0.39, 0.29) is 17.7 Å². The van der Waals surface area contributed by atoms with Crippen molar-refractivity contribution in [2.24, 2.45) is 0 Å². The fraction of sp³-hybridized carbons (Fsp3) is 0.452. The Bertz CT molecular complexity index is 1510. The SMILES string of the molecule is COc1ccc(-c2[nH]c3ccc(-c4nnc(C(=O)N5CCC(N6CCCC6)CC5)o4)cc3c2C(C)C)cc1OC. The number of aromatic nitrogens is 3. The predicted molar refractivity (Wildman–Crippen MR) is 154 cm³/mol. The number of aromatic amines is 1. The molecule has 9 heteroatoms. The number of ether oxygens (including phenoxy) is 2. The van der Waals surface area contributed by atoms with E-state index in [1.807, 2.05) is 35.2 Å². The lowest BCUT2D eigenvalue weighted by atomic mass is 9.95. The molecule has 9 nitrogen and oxygen atoms in total. The van der Waals surface area contributed by atoms with E-state index in [0.717, 1.165) is 53.7 Å². The van der Waals surface area contributed by atoms with Crippen molar-refractivity contribution in [2.75, 3.05) is 40.4 Å². The lowest BCUT2D eigenvalue weighted by Crippen LogP contribution is -2.46. The summed E-state index contributed by atoms with van der Waals surface area (Å²) < 4.78 is 16.9. The zero-order valence-electron chi connectivity index (χ0n) is 23.7. The van der Waals surface area contributed by atoms with Crippen LogP contribution in [0.1, 0.15) is 61.7 Å². The Labute approximate surface area is 234 Å². The van der Waals surface area contributed by atoms with Gasteiger partial charge in [0.2, 0.25) is 5.89 Å². The van der Waals surface area contributed by atoms with Gasteiger partial charge in [0, 0.05) is 41.2 Å². The molecule has 2 saturated heterocycles. The van der Waals surface area contributed by atoms with Crippen LogP contribution in [0.15, 0.2) is 40.8 Å². The Hall–Kier alpha value is -3.85. The minimum Gasteiger partial charge on any atom is -0.493 e. The minimum absolute atomic E-state index is 0.0545. The largest absolute Gasteiger partial charge is 0.493 e. The molecule has 2 aliphatic rings. The summed E-state index contributed by atoms with van der Waals surface area (Å²) in [5.74, 6) is 1.83. The van der Waals surface area contributed by atoms with Crippen molar-refractivity contribution in [3.8, 4) is 34.2 Å². The number of hydrogen-bond acceptors (Lipinski definition) is 7. The summed E-state index contributed by atoms with van der Waals surface area (Å²) in [6.07, 6.45) is 4.57. The van der Waals surface area contributed by atoms with Crippen LogP contribution in [0.5, 0.6) is 11.5 Å². The number of H-pyrrole nitrogens is 1. The van der Waals surface area contributed by atoms with Gasteiger partial charge in [-0.3, -0.25) is 4.79 Å².